The van der Waals surface area contributed by atoms with Gasteiger partial charge in [0.25, 0.3) is 0 Å². The topological polar surface area (TPSA) is 66.4 Å². The number of hydrogen-bond donors (Lipinski definition) is 2. The van der Waals surface area contributed by atoms with Gasteiger partial charge in [0.15, 0.2) is 0 Å². The molecule has 0 atom stereocenters. The number of rotatable bonds is 6. The first kappa shape index (κ1) is 18.8. The van der Waals surface area contributed by atoms with Crippen molar-refractivity contribution in [3.05, 3.63) is 34.9 Å². The van der Waals surface area contributed by atoms with Crippen molar-refractivity contribution >= 4 is 23.5 Å². The molecule has 1 aliphatic rings. The third-order valence-corrected chi connectivity index (χ3v) is 5.70. The molecule has 1 aromatic rings. The fourth-order valence-corrected chi connectivity index (χ4v) is 3.81. The molecule has 0 spiro atoms. The van der Waals surface area contributed by atoms with E-state index in [-0.39, 0.29) is 17.9 Å². The Morgan fingerprint density at radius 1 is 1.12 bits per heavy atom. The molecule has 1 saturated carbocycles. The minimum atomic E-state index is -0.725. The molecule has 2 rings (SSSR count). The second kappa shape index (κ2) is 8.02. The van der Waals surface area contributed by atoms with Crippen LogP contribution in [0, 0.1) is 5.92 Å². The lowest BCUT2D eigenvalue weighted by Crippen LogP contribution is -2.49. The third kappa shape index (κ3) is 3.92. The number of carbonyl (C=O) groups is 2. The van der Waals surface area contributed by atoms with E-state index in [0.717, 1.165) is 18.4 Å². The summed E-state index contributed by atoms with van der Waals surface area (Å²) in [5.41, 5.74) is 0.419. The molecule has 0 aliphatic heterocycles. The lowest BCUT2D eigenvalue weighted by atomic mass is 9.74. The summed E-state index contributed by atoms with van der Waals surface area (Å²) < 4.78 is 0. The Hall–Kier alpha value is -1.55. The van der Waals surface area contributed by atoms with Crippen LogP contribution in [0.1, 0.15) is 57.9 Å². The van der Waals surface area contributed by atoms with Gasteiger partial charge in [-0.15, -0.1) is 0 Å². The van der Waals surface area contributed by atoms with Crippen molar-refractivity contribution in [3.8, 4) is 0 Å². The maximum absolute atomic E-state index is 13.0. The normalized spacial score (nSPS) is 21.3. The summed E-state index contributed by atoms with van der Waals surface area (Å²) >= 11 is 5.97. The van der Waals surface area contributed by atoms with Gasteiger partial charge in [-0.3, -0.25) is 9.59 Å². The lowest BCUT2D eigenvalue weighted by molar-refractivity contribution is -0.142. The van der Waals surface area contributed by atoms with Crippen LogP contribution in [-0.2, 0) is 15.0 Å². The molecule has 0 heterocycles. The third-order valence-electron chi connectivity index (χ3n) is 5.45. The highest BCUT2D eigenvalue weighted by Gasteiger charge is 2.38. The summed E-state index contributed by atoms with van der Waals surface area (Å²) in [6.45, 7) is 4.05. The lowest BCUT2D eigenvalue weighted by Gasteiger charge is -2.35. The fraction of sp³-hybridized carbons (Fsp3) is 0.579. The molecular formula is C19H26ClNO3. The number of benzene rings is 1. The zero-order valence-corrected chi connectivity index (χ0v) is 15.1. The molecule has 1 amide bonds. The Balaban J connectivity index is 2.10. The van der Waals surface area contributed by atoms with Crippen LogP contribution in [0.3, 0.4) is 0 Å². The molecule has 0 bridgehead atoms. The van der Waals surface area contributed by atoms with Gasteiger partial charge in [0.05, 0.1) is 11.3 Å². The highest BCUT2D eigenvalue weighted by Crippen LogP contribution is 2.34. The molecule has 0 unspecified atom stereocenters. The van der Waals surface area contributed by atoms with Crippen LogP contribution in [0.25, 0.3) is 0 Å². The van der Waals surface area contributed by atoms with Crippen molar-refractivity contribution in [1.82, 2.24) is 5.32 Å². The molecule has 24 heavy (non-hydrogen) atoms. The SMILES string of the molecule is CCC(CC)(C(=O)NC1CCC(C(=O)O)CC1)c1ccc(Cl)cc1. The van der Waals surface area contributed by atoms with Crippen molar-refractivity contribution in [2.24, 2.45) is 5.92 Å². The van der Waals surface area contributed by atoms with E-state index in [1.807, 2.05) is 38.1 Å². The van der Waals surface area contributed by atoms with Gasteiger partial charge in [-0.25, -0.2) is 0 Å². The predicted octanol–water partition coefficient (Wildman–Crippen LogP) is 4.16. The maximum Gasteiger partial charge on any atom is 0.306 e. The molecule has 1 aromatic carbocycles. The molecule has 2 N–H and O–H groups in total. The quantitative estimate of drug-likeness (QED) is 0.808. The first-order chi connectivity index (χ1) is 11.4. The van der Waals surface area contributed by atoms with E-state index in [9.17, 15) is 9.59 Å². The van der Waals surface area contributed by atoms with Gasteiger partial charge in [0.1, 0.15) is 0 Å². The minimum Gasteiger partial charge on any atom is -0.481 e. The molecule has 0 radical (unpaired) electrons. The molecule has 0 aromatic heterocycles. The number of carboxylic acids is 1. The van der Waals surface area contributed by atoms with E-state index >= 15 is 0 Å². The van der Waals surface area contributed by atoms with Gasteiger partial charge in [-0.1, -0.05) is 37.6 Å². The average Bonchev–Trinajstić information content (AvgIpc) is 2.58. The van der Waals surface area contributed by atoms with Crippen molar-refractivity contribution in [2.75, 3.05) is 0 Å². The molecule has 1 fully saturated rings. The van der Waals surface area contributed by atoms with Crippen LogP contribution in [-0.4, -0.2) is 23.0 Å². The Bertz CT molecular complexity index is 573. The monoisotopic (exact) mass is 351 g/mol. The van der Waals surface area contributed by atoms with E-state index < -0.39 is 11.4 Å². The van der Waals surface area contributed by atoms with Crippen LogP contribution in [0.2, 0.25) is 5.02 Å². The number of aliphatic carboxylic acids is 1. The van der Waals surface area contributed by atoms with Gasteiger partial charge >= 0.3 is 5.97 Å². The van der Waals surface area contributed by atoms with Crippen molar-refractivity contribution in [3.63, 3.8) is 0 Å². The molecule has 132 valence electrons. The highest BCUT2D eigenvalue weighted by molar-refractivity contribution is 6.30. The van der Waals surface area contributed by atoms with Gasteiger partial charge in [-0.2, -0.15) is 0 Å². The van der Waals surface area contributed by atoms with Crippen LogP contribution >= 0.6 is 11.6 Å². The van der Waals surface area contributed by atoms with E-state index in [0.29, 0.717) is 30.7 Å². The highest BCUT2D eigenvalue weighted by atomic mass is 35.5. The van der Waals surface area contributed by atoms with Crippen LogP contribution in [0.15, 0.2) is 24.3 Å². The number of amides is 1. The van der Waals surface area contributed by atoms with E-state index in [2.05, 4.69) is 5.32 Å². The summed E-state index contributed by atoms with van der Waals surface area (Å²) in [5, 5.41) is 12.9. The molecule has 4 nitrogen and oxygen atoms in total. The van der Waals surface area contributed by atoms with Crippen LogP contribution in [0.4, 0.5) is 0 Å². The molecule has 1 aliphatic carbocycles. The van der Waals surface area contributed by atoms with Gasteiger partial charge in [-0.05, 0) is 56.2 Å². The summed E-state index contributed by atoms with van der Waals surface area (Å²) in [7, 11) is 0. The Labute approximate surface area is 148 Å². The predicted molar refractivity (Wildman–Crippen MR) is 95.2 cm³/mol. The number of carboxylic acid groups (broad SMARTS) is 1. The maximum atomic E-state index is 13.0. The standard InChI is InChI=1S/C19H26ClNO3/c1-3-19(4-2,14-7-9-15(20)10-8-14)18(24)21-16-11-5-13(6-12-16)17(22)23/h7-10,13,16H,3-6,11-12H2,1-2H3,(H,21,24)(H,22,23). The summed E-state index contributed by atoms with van der Waals surface area (Å²) in [5.74, 6) is -0.956. The number of halogens is 1. The number of hydrogen-bond acceptors (Lipinski definition) is 2. The smallest absolute Gasteiger partial charge is 0.306 e. The second-order valence-corrected chi connectivity index (χ2v) is 7.09. The zero-order chi connectivity index (χ0) is 17.7. The van der Waals surface area contributed by atoms with Gasteiger partial charge < -0.3 is 10.4 Å². The number of carbonyl (C=O) groups excluding carboxylic acids is 1. The average molecular weight is 352 g/mol. The summed E-state index contributed by atoms with van der Waals surface area (Å²) in [4.78, 5) is 24.1. The van der Waals surface area contributed by atoms with E-state index in [4.69, 9.17) is 16.7 Å². The first-order valence-corrected chi connectivity index (χ1v) is 9.10. The fourth-order valence-electron chi connectivity index (χ4n) is 3.69. The van der Waals surface area contributed by atoms with E-state index in [1.54, 1.807) is 0 Å². The van der Waals surface area contributed by atoms with Crippen molar-refractivity contribution in [2.45, 2.75) is 63.8 Å². The van der Waals surface area contributed by atoms with E-state index in [1.165, 1.54) is 0 Å². The molecular weight excluding hydrogens is 326 g/mol. The number of nitrogens with one attached hydrogen (secondary N) is 1. The van der Waals surface area contributed by atoms with Gasteiger partial charge in [0, 0.05) is 11.1 Å². The molecule has 5 heteroatoms. The Morgan fingerprint density at radius 3 is 2.12 bits per heavy atom. The molecule has 0 saturated heterocycles. The van der Waals surface area contributed by atoms with Crippen LogP contribution in [0.5, 0.6) is 0 Å². The van der Waals surface area contributed by atoms with Gasteiger partial charge in [0.2, 0.25) is 5.91 Å². The largest absolute Gasteiger partial charge is 0.481 e. The summed E-state index contributed by atoms with van der Waals surface area (Å²) in [6, 6.07) is 7.56. The summed E-state index contributed by atoms with van der Waals surface area (Å²) in [6.07, 6.45) is 4.14. The Kier molecular flexibility index (Phi) is 6.27. The van der Waals surface area contributed by atoms with Crippen LogP contribution < -0.4 is 5.32 Å². The second-order valence-electron chi connectivity index (χ2n) is 6.66. The van der Waals surface area contributed by atoms with Crippen molar-refractivity contribution < 1.29 is 14.7 Å². The Morgan fingerprint density at radius 2 is 1.67 bits per heavy atom. The first-order valence-electron chi connectivity index (χ1n) is 8.72. The zero-order valence-electron chi connectivity index (χ0n) is 14.3. The van der Waals surface area contributed by atoms with Crippen molar-refractivity contribution in [1.29, 1.82) is 0 Å². The minimum absolute atomic E-state index is 0.0357.